The Morgan fingerprint density at radius 2 is 2.00 bits per heavy atom. The van der Waals surface area contributed by atoms with E-state index in [9.17, 15) is 4.79 Å². The molecule has 1 amide bonds. The largest absolute Gasteiger partial charge is 0.385 e. The van der Waals surface area contributed by atoms with E-state index in [1.807, 2.05) is 19.2 Å². The number of aromatic nitrogens is 2. The van der Waals surface area contributed by atoms with Crippen LogP contribution < -0.4 is 10.6 Å². The highest BCUT2D eigenvalue weighted by atomic mass is 16.1. The predicted molar refractivity (Wildman–Crippen MR) is 76.4 cm³/mol. The molecule has 0 bridgehead atoms. The second-order valence-electron chi connectivity index (χ2n) is 4.33. The zero-order valence-corrected chi connectivity index (χ0v) is 11.2. The van der Waals surface area contributed by atoms with Gasteiger partial charge in [0.15, 0.2) is 5.82 Å². The van der Waals surface area contributed by atoms with Gasteiger partial charge in [0, 0.05) is 37.1 Å². The molecule has 0 fully saturated rings. The minimum atomic E-state index is -0.152. The quantitative estimate of drug-likeness (QED) is 0.866. The van der Waals surface area contributed by atoms with E-state index in [1.54, 1.807) is 29.1 Å². The number of carbonyl (C=O) groups is 1. The molecular formula is C14H18N4O. The molecular weight excluding hydrogens is 240 g/mol. The lowest BCUT2D eigenvalue weighted by Gasteiger charge is -2.06. The first kappa shape index (κ1) is 13.1. The molecule has 1 aromatic carbocycles. The fourth-order valence-corrected chi connectivity index (χ4v) is 1.68. The van der Waals surface area contributed by atoms with Crippen LogP contribution in [0.15, 0.2) is 36.5 Å². The molecule has 100 valence electrons. The summed E-state index contributed by atoms with van der Waals surface area (Å²) in [5.41, 5.74) is 1.64. The van der Waals surface area contributed by atoms with Gasteiger partial charge in [0.05, 0.1) is 0 Å². The van der Waals surface area contributed by atoms with Crippen molar-refractivity contribution in [3.63, 3.8) is 0 Å². The highest BCUT2D eigenvalue weighted by Gasteiger charge is 2.07. The molecule has 0 radical (unpaired) electrons. The van der Waals surface area contributed by atoms with E-state index in [0.29, 0.717) is 11.4 Å². The first-order chi connectivity index (χ1) is 9.19. The van der Waals surface area contributed by atoms with Gasteiger partial charge in [-0.1, -0.05) is 6.92 Å². The minimum Gasteiger partial charge on any atom is -0.385 e. The molecule has 5 nitrogen and oxygen atoms in total. The molecule has 0 aliphatic carbocycles. The van der Waals surface area contributed by atoms with Gasteiger partial charge in [-0.2, -0.15) is 5.10 Å². The lowest BCUT2D eigenvalue weighted by atomic mass is 10.2. The van der Waals surface area contributed by atoms with Gasteiger partial charge < -0.3 is 10.6 Å². The van der Waals surface area contributed by atoms with Gasteiger partial charge in [-0.25, -0.2) is 0 Å². The van der Waals surface area contributed by atoms with Gasteiger partial charge in [0.25, 0.3) is 5.91 Å². The van der Waals surface area contributed by atoms with Crippen molar-refractivity contribution in [1.82, 2.24) is 9.78 Å². The van der Waals surface area contributed by atoms with Crippen molar-refractivity contribution in [3.8, 4) is 0 Å². The van der Waals surface area contributed by atoms with Crippen LogP contribution in [-0.4, -0.2) is 22.2 Å². The van der Waals surface area contributed by atoms with E-state index in [2.05, 4.69) is 22.7 Å². The van der Waals surface area contributed by atoms with Gasteiger partial charge >= 0.3 is 0 Å². The van der Waals surface area contributed by atoms with Gasteiger partial charge in [0.1, 0.15) is 0 Å². The highest BCUT2D eigenvalue weighted by molar-refractivity contribution is 6.03. The third-order valence-electron chi connectivity index (χ3n) is 2.68. The number of hydrogen-bond donors (Lipinski definition) is 2. The van der Waals surface area contributed by atoms with E-state index >= 15 is 0 Å². The van der Waals surface area contributed by atoms with Gasteiger partial charge in [-0.3, -0.25) is 9.48 Å². The van der Waals surface area contributed by atoms with E-state index in [1.165, 1.54) is 0 Å². The molecule has 2 aromatic rings. The van der Waals surface area contributed by atoms with Crippen molar-refractivity contribution in [1.29, 1.82) is 0 Å². The molecule has 2 rings (SSSR count). The Balaban J connectivity index is 1.99. The van der Waals surface area contributed by atoms with E-state index in [-0.39, 0.29) is 5.91 Å². The van der Waals surface area contributed by atoms with Crippen LogP contribution in [0.5, 0.6) is 0 Å². The van der Waals surface area contributed by atoms with Crippen LogP contribution in [-0.2, 0) is 7.05 Å². The second-order valence-corrected chi connectivity index (χ2v) is 4.33. The standard InChI is InChI=1S/C14H18N4O/c1-3-9-15-12-6-4-11(5-7-12)14(19)16-13-8-10-18(2)17-13/h4-8,10,15H,3,9H2,1-2H3,(H,16,17,19). The fourth-order valence-electron chi connectivity index (χ4n) is 1.68. The third kappa shape index (κ3) is 3.58. The molecule has 0 saturated heterocycles. The number of nitrogens with zero attached hydrogens (tertiary/aromatic N) is 2. The molecule has 5 heteroatoms. The molecule has 0 saturated carbocycles. The monoisotopic (exact) mass is 258 g/mol. The SMILES string of the molecule is CCCNc1ccc(C(=O)Nc2ccn(C)n2)cc1. The van der Waals surface area contributed by atoms with Crippen LogP contribution in [0.3, 0.4) is 0 Å². The molecule has 1 heterocycles. The third-order valence-corrected chi connectivity index (χ3v) is 2.68. The summed E-state index contributed by atoms with van der Waals surface area (Å²) in [5, 5.41) is 10.1. The average molecular weight is 258 g/mol. The molecule has 0 atom stereocenters. The summed E-state index contributed by atoms with van der Waals surface area (Å²) < 4.78 is 1.65. The number of rotatable bonds is 5. The highest BCUT2D eigenvalue weighted by Crippen LogP contribution is 2.11. The van der Waals surface area contributed by atoms with Crippen molar-refractivity contribution in [2.75, 3.05) is 17.2 Å². The first-order valence-electron chi connectivity index (χ1n) is 6.34. The number of amides is 1. The molecule has 1 aromatic heterocycles. The number of nitrogens with one attached hydrogen (secondary N) is 2. The maximum atomic E-state index is 12.0. The lowest BCUT2D eigenvalue weighted by Crippen LogP contribution is -2.12. The molecule has 0 unspecified atom stereocenters. The van der Waals surface area contributed by atoms with Crippen LogP contribution in [0.1, 0.15) is 23.7 Å². The smallest absolute Gasteiger partial charge is 0.256 e. The zero-order chi connectivity index (χ0) is 13.7. The first-order valence-corrected chi connectivity index (χ1v) is 6.34. The summed E-state index contributed by atoms with van der Waals surface area (Å²) >= 11 is 0. The van der Waals surface area contributed by atoms with Crippen molar-refractivity contribution >= 4 is 17.4 Å². The number of carbonyl (C=O) groups excluding carboxylic acids is 1. The minimum absolute atomic E-state index is 0.152. The van der Waals surface area contributed by atoms with Crippen LogP contribution >= 0.6 is 0 Å². The Morgan fingerprint density at radius 1 is 1.26 bits per heavy atom. The Bertz CT molecular complexity index is 545. The van der Waals surface area contributed by atoms with Gasteiger partial charge in [-0.05, 0) is 30.7 Å². The number of aryl methyl sites for hydroxylation is 1. The molecule has 0 aliphatic heterocycles. The van der Waals surface area contributed by atoms with E-state index in [4.69, 9.17) is 0 Å². The van der Waals surface area contributed by atoms with E-state index < -0.39 is 0 Å². The van der Waals surface area contributed by atoms with Crippen molar-refractivity contribution in [3.05, 3.63) is 42.1 Å². The van der Waals surface area contributed by atoms with Crippen molar-refractivity contribution in [2.24, 2.45) is 7.05 Å². The molecule has 2 N–H and O–H groups in total. The fraction of sp³-hybridized carbons (Fsp3) is 0.286. The Kier molecular flexibility index (Phi) is 4.18. The normalized spacial score (nSPS) is 10.2. The van der Waals surface area contributed by atoms with Crippen molar-refractivity contribution < 1.29 is 4.79 Å². The summed E-state index contributed by atoms with van der Waals surface area (Å²) in [4.78, 5) is 12.0. The van der Waals surface area contributed by atoms with E-state index in [0.717, 1.165) is 18.7 Å². The second kappa shape index (κ2) is 6.04. The molecule has 0 aliphatic rings. The molecule has 19 heavy (non-hydrogen) atoms. The molecule has 0 spiro atoms. The number of hydrogen-bond acceptors (Lipinski definition) is 3. The topological polar surface area (TPSA) is 59.0 Å². The number of anilines is 2. The van der Waals surface area contributed by atoms with Crippen molar-refractivity contribution in [2.45, 2.75) is 13.3 Å². The maximum absolute atomic E-state index is 12.0. The lowest BCUT2D eigenvalue weighted by molar-refractivity contribution is 0.102. The zero-order valence-electron chi connectivity index (χ0n) is 11.2. The summed E-state index contributed by atoms with van der Waals surface area (Å²) in [6.45, 7) is 3.04. The van der Waals surface area contributed by atoms with Crippen LogP contribution in [0.4, 0.5) is 11.5 Å². The van der Waals surface area contributed by atoms with Crippen LogP contribution in [0, 0.1) is 0 Å². The maximum Gasteiger partial charge on any atom is 0.256 e. The van der Waals surface area contributed by atoms with Gasteiger partial charge in [0.2, 0.25) is 0 Å². The predicted octanol–water partition coefficient (Wildman–Crippen LogP) is 2.49. The number of benzene rings is 1. The Morgan fingerprint density at radius 3 is 2.58 bits per heavy atom. The van der Waals surface area contributed by atoms with Gasteiger partial charge in [-0.15, -0.1) is 0 Å². The summed E-state index contributed by atoms with van der Waals surface area (Å²) in [5.74, 6) is 0.404. The summed E-state index contributed by atoms with van der Waals surface area (Å²) in [6, 6.07) is 9.17. The summed E-state index contributed by atoms with van der Waals surface area (Å²) in [6.07, 6.45) is 2.86. The Labute approximate surface area is 112 Å². The average Bonchev–Trinajstić information content (AvgIpc) is 2.82. The summed E-state index contributed by atoms with van der Waals surface area (Å²) in [7, 11) is 1.81. The Hall–Kier alpha value is -2.30. The van der Waals surface area contributed by atoms with Crippen LogP contribution in [0.25, 0.3) is 0 Å². The van der Waals surface area contributed by atoms with Crippen LogP contribution in [0.2, 0.25) is 0 Å².